The summed E-state index contributed by atoms with van der Waals surface area (Å²) in [5.74, 6) is -0.0152. The summed E-state index contributed by atoms with van der Waals surface area (Å²) in [6.07, 6.45) is 3.37. The van der Waals surface area contributed by atoms with Crippen molar-refractivity contribution < 1.29 is 46.4 Å². The average Bonchev–Trinajstić information content (AvgIpc) is 2.90. The first-order valence-electron chi connectivity index (χ1n) is 13.4. The molecule has 0 radical (unpaired) electrons. The molecule has 0 bridgehead atoms. The van der Waals surface area contributed by atoms with Crippen molar-refractivity contribution in [3.05, 3.63) is 54.1 Å². The van der Waals surface area contributed by atoms with E-state index < -0.39 is 28.5 Å². The lowest BCUT2D eigenvalue weighted by Crippen LogP contribution is -2.29. The zero-order valence-electron chi connectivity index (χ0n) is 25.0. The molecule has 2 N–H and O–H groups in total. The fourth-order valence-corrected chi connectivity index (χ4v) is 4.15. The Kier molecular flexibility index (Phi) is 17.0. The number of benzene rings is 2. The standard InChI is InChI=1S/C22H32N2O7S.C7H8O3S/c1-5-11-23-22(28)29-12-9-21(31-20(27)14-16(2)25)30-18-8-6-7-17(15-18)24-19(26)10-13-32(3)4;1-6-2-4-7(5-3-6)11(8,9)10/h6-8,15,21H,5,9-14H2,1-4H3,(H-,23,24,26,28);2-5H,1H3,(H,8,9,10). The van der Waals surface area contributed by atoms with Crippen LogP contribution in [0.15, 0.2) is 53.4 Å². The Bertz CT molecular complexity index is 1300. The van der Waals surface area contributed by atoms with Gasteiger partial charge in [-0.2, -0.15) is 0 Å². The zero-order valence-corrected chi connectivity index (χ0v) is 26.7. The van der Waals surface area contributed by atoms with Crippen molar-refractivity contribution in [3.63, 3.8) is 0 Å². The number of hydrogen-bond acceptors (Lipinski definition) is 10. The van der Waals surface area contributed by atoms with Crippen LogP contribution in [0.2, 0.25) is 0 Å². The summed E-state index contributed by atoms with van der Waals surface area (Å²) >= 11 is 0. The molecule has 0 spiro atoms. The molecule has 1 unspecified atom stereocenters. The number of Topliss-reactive ketones (excluding diaryl/α,β-unsaturated/α-hetero) is 1. The predicted octanol–water partition coefficient (Wildman–Crippen LogP) is 3.55. The third-order valence-electron chi connectivity index (χ3n) is 5.19. The normalized spacial score (nSPS) is 11.4. The Labute approximate surface area is 256 Å². The molecule has 0 aliphatic rings. The molecule has 0 aliphatic carbocycles. The van der Waals surface area contributed by atoms with E-state index in [9.17, 15) is 32.1 Å². The molecule has 0 aliphatic heterocycles. The van der Waals surface area contributed by atoms with Crippen LogP contribution in [0, 0.1) is 6.92 Å². The van der Waals surface area contributed by atoms with Gasteiger partial charge < -0.3 is 29.4 Å². The van der Waals surface area contributed by atoms with Gasteiger partial charge in [-0.15, -0.1) is 0 Å². The number of ether oxygens (including phenoxy) is 3. The molecule has 0 saturated heterocycles. The first kappa shape index (κ1) is 37.4. The number of nitrogens with one attached hydrogen (secondary N) is 2. The predicted molar refractivity (Wildman–Crippen MR) is 163 cm³/mol. The van der Waals surface area contributed by atoms with Crippen LogP contribution in [-0.4, -0.2) is 74.4 Å². The third-order valence-corrected chi connectivity index (χ3v) is 7.06. The van der Waals surface area contributed by atoms with Gasteiger partial charge in [-0.05, 0) is 55.4 Å². The van der Waals surface area contributed by atoms with Crippen molar-refractivity contribution in [3.8, 4) is 5.75 Å². The van der Waals surface area contributed by atoms with E-state index >= 15 is 0 Å². The molecule has 0 heterocycles. The maximum atomic E-state index is 12.1. The Hall–Kier alpha value is -3.62. The van der Waals surface area contributed by atoms with Crippen LogP contribution in [-0.2, 0) is 44.9 Å². The van der Waals surface area contributed by atoms with Crippen molar-refractivity contribution in [2.24, 2.45) is 0 Å². The highest BCUT2D eigenvalue weighted by Crippen LogP contribution is 2.20. The van der Waals surface area contributed by atoms with Gasteiger partial charge >= 0.3 is 12.1 Å². The van der Waals surface area contributed by atoms with Gasteiger partial charge in [0, 0.05) is 18.3 Å². The fourth-order valence-electron chi connectivity index (χ4n) is 3.08. The van der Waals surface area contributed by atoms with Gasteiger partial charge in [0.2, 0.25) is 12.2 Å². The van der Waals surface area contributed by atoms with E-state index in [4.69, 9.17) is 14.2 Å². The molecular formula is C29H40N2O10S2. The van der Waals surface area contributed by atoms with Crippen molar-refractivity contribution in [2.45, 2.75) is 57.6 Å². The quantitative estimate of drug-likeness (QED) is 0.0962. The van der Waals surface area contributed by atoms with Crippen LogP contribution < -0.4 is 15.4 Å². The smallest absolute Gasteiger partial charge is 0.407 e. The van der Waals surface area contributed by atoms with Crippen molar-refractivity contribution in [2.75, 3.05) is 36.7 Å². The van der Waals surface area contributed by atoms with Gasteiger partial charge in [0.25, 0.3) is 0 Å². The number of anilines is 1. The van der Waals surface area contributed by atoms with Crippen molar-refractivity contribution in [1.29, 1.82) is 0 Å². The van der Waals surface area contributed by atoms with E-state index in [0.717, 1.165) is 17.7 Å². The Morgan fingerprint density at radius 2 is 1.72 bits per heavy atom. The average molecular weight is 641 g/mol. The number of carbonyl (C=O) groups is 4. The summed E-state index contributed by atoms with van der Waals surface area (Å²) < 4.78 is 47.2. The summed E-state index contributed by atoms with van der Waals surface area (Å²) in [7, 11) is -4.09. The minimum absolute atomic E-state index is 0.0556. The second-order valence-electron chi connectivity index (χ2n) is 9.55. The highest BCUT2D eigenvalue weighted by molar-refractivity contribution is 7.95. The lowest BCUT2D eigenvalue weighted by atomic mass is 10.2. The van der Waals surface area contributed by atoms with Crippen LogP contribution in [0.4, 0.5) is 10.5 Å². The topological polar surface area (TPSA) is 177 Å². The molecule has 1 atom stereocenters. The second-order valence-corrected chi connectivity index (χ2v) is 13.3. The summed E-state index contributed by atoms with van der Waals surface area (Å²) in [5.41, 5.74) is 1.47. The van der Waals surface area contributed by atoms with Gasteiger partial charge in [0.1, 0.15) is 40.4 Å². The number of ketones is 1. The highest BCUT2D eigenvalue weighted by atomic mass is 32.2. The van der Waals surface area contributed by atoms with Crippen LogP contribution in [0.5, 0.6) is 5.75 Å². The van der Waals surface area contributed by atoms with E-state index in [1.54, 1.807) is 36.4 Å². The minimum Gasteiger partial charge on any atom is -0.744 e. The van der Waals surface area contributed by atoms with Crippen LogP contribution >= 0.6 is 0 Å². The van der Waals surface area contributed by atoms with Gasteiger partial charge in [-0.1, -0.05) is 30.7 Å². The molecule has 2 aromatic rings. The zero-order chi connectivity index (χ0) is 32.4. The van der Waals surface area contributed by atoms with Crippen LogP contribution in [0.3, 0.4) is 0 Å². The fraction of sp³-hybridized carbons (Fsp3) is 0.448. The number of esters is 1. The monoisotopic (exact) mass is 640 g/mol. The van der Waals surface area contributed by atoms with Crippen LogP contribution in [0.25, 0.3) is 0 Å². The number of rotatable bonds is 15. The van der Waals surface area contributed by atoms with Gasteiger partial charge in [0.05, 0.1) is 30.2 Å². The maximum absolute atomic E-state index is 12.1. The van der Waals surface area contributed by atoms with E-state index in [0.29, 0.717) is 24.4 Å². The molecule has 2 rings (SSSR count). The van der Waals surface area contributed by atoms with E-state index in [1.165, 1.54) is 19.1 Å². The molecule has 238 valence electrons. The molecule has 2 amide bonds. The second kappa shape index (κ2) is 19.5. The minimum atomic E-state index is -4.27. The van der Waals surface area contributed by atoms with Crippen molar-refractivity contribution in [1.82, 2.24) is 5.32 Å². The summed E-state index contributed by atoms with van der Waals surface area (Å²) in [6, 6.07) is 12.4. The first-order valence-corrected chi connectivity index (χ1v) is 17.0. The molecule has 0 fully saturated rings. The molecule has 2 aromatic carbocycles. The Morgan fingerprint density at radius 1 is 1.05 bits per heavy atom. The highest BCUT2D eigenvalue weighted by Gasteiger charge is 2.19. The summed E-state index contributed by atoms with van der Waals surface area (Å²) in [6.45, 7) is 5.45. The number of alkyl carbamates (subject to hydrolysis) is 1. The molecule has 0 aromatic heterocycles. The molecule has 0 saturated carbocycles. The summed E-state index contributed by atoms with van der Waals surface area (Å²) in [4.78, 5) is 46.6. The number of aryl methyl sites for hydroxylation is 1. The van der Waals surface area contributed by atoms with Crippen molar-refractivity contribution >= 4 is 50.5 Å². The SMILES string of the molecule is CCCNC(=O)OCCC(OC(=O)CC(C)=O)Oc1cccc(NC(=O)CC[S+](C)C)c1.Cc1ccc(S(=O)(=O)[O-])cc1. The maximum Gasteiger partial charge on any atom is 0.407 e. The lowest BCUT2D eigenvalue weighted by Gasteiger charge is -2.20. The van der Waals surface area contributed by atoms with E-state index in [-0.39, 0.29) is 46.9 Å². The third kappa shape index (κ3) is 17.8. The van der Waals surface area contributed by atoms with E-state index in [2.05, 4.69) is 23.1 Å². The number of hydrogen-bond donors (Lipinski definition) is 2. The largest absolute Gasteiger partial charge is 0.744 e. The lowest BCUT2D eigenvalue weighted by molar-refractivity contribution is -0.166. The van der Waals surface area contributed by atoms with E-state index in [1.807, 2.05) is 13.8 Å². The number of carbonyl (C=O) groups excluding carboxylic acids is 4. The number of amides is 2. The Morgan fingerprint density at radius 3 is 2.30 bits per heavy atom. The molecular weight excluding hydrogens is 600 g/mol. The van der Waals surface area contributed by atoms with Gasteiger partial charge in [-0.3, -0.25) is 14.4 Å². The Balaban J connectivity index is 0.000000699. The van der Waals surface area contributed by atoms with Gasteiger partial charge in [-0.25, -0.2) is 13.2 Å². The van der Waals surface area contributed by atoms with Crippen LogP contribution in [0.1, 0.15) is 45.1 Å². The molecule has 14 heteroatoms. The van der Waals surface area contributed by atoms with Gasteiger partial charge in [0.15, 0.2) is 0 Å². The summed E-state index contributed by atoms with van der Waals surface area (Å²) in [5, 5.41) is 5.38. The first-order chi connectivity index (χ1) is 20.2. The molecule has 43 heavy (non-hydrogen) atoms. The molecule has 12 nitrogen and oxygen atoms in total.